The smallest absolute Gasteiger partial charge is 0.417 e. The Labute approximate surface area is 292 Å². The van der Waals surface area contributed by atoms with Crippen LogP contribution in [0.15, 0.2) is 6.07 Å². The number of hydrogen-bond donors (Lipinski definition) is 1. The number of nitrogen functional groups attached to an aromatic ring is 1. The lowest BCUT2D eigenvalue weighted by Crippen LogP contribution is -2.46. The van der Waals surface area contributed by atoms with Gasteiger partial charge in [-0.25, -0.2) is 22.5 Å². The Balaban J connectivity index is 0.00000220. The molecule has 4 aliphatic rings. The third-order valence-electron chi connectivity index (χ3n) is 10.8. The third kappa shape index (κ3) is 6.29. The van der Waals surface area contributed by atoms with Crippen LogP contribution >= 0.6 is 0 Å². The van der Waals surface area contributed by atoms with Crippen molar-refractivity contribution < 1.29 is 40.2 Å². The SMILES string of the molecule is CC.CCOc1nc(-c2cc(N)c(F)c(C)c2C(F)(F)F)c(F)c2nc(OCC34CCCN3CC3(C4)CC3(F)F)nc(N3CCN(CC)CC3)c12. The zero-order valence-electron chi connectivity index (χ0n) is 29.5. The molecule has 5 heterocycles. The topological polar surface area (TPSA) is 92.9 Å². The Hall–Kier alpha value is -3.66. The fraction of sp³-hybridized carbons (Fsp3) is 0.629. The Bertz CT molecular complexity index is 1800. The first-order chi connectivity index (χ1) is 24.1. The highest BCUT2D eigenvalue weighted by molar-refractivity contribution is 5.97. The molecule has 9 nitrogen and oxygen atoms in total. The summed E-state index contributed by atoms with van der Waals surface area (Å²) in [4.78, 5) is 19.4. The van der Waals surface area contributed by atoms with Crippen molar-refractivity contribution in [3.8, 4) is 23.1 Å². The Morgan fingerprint density at radius 1 is 0.941 bits per heavy atom. The highest BCUT2D eigenvalue weighted by atomic mass is 19.4. The third-order valence-corrected chi connectivity index (χ3v) is 10.8. The summed E-state index contributed by atoms with van der Waals surface area (Å²) in [7, 11) is 0. The van der Waals surface area contributed by atoms with Gasteiger partial charge in [0, 0.05) is 44.7 Å². The van der Waals surface area contributed by atoms with Crippen molar-refractivity contribution in [2.75, 3.05) is 69.7 Å². The predicted octanol–water partition coefficient (Wildman–Crippen LogP) is 7.09. The molecule has 2 aromatic heterocycles. The number of piperazine rings is 1. The normalized spacial score (nSPS) is 24.5. The first kappa shape index (κ1) is 37.1. The van der Waals surface area contributed by atoms with E-state index in [1.54, 1.807) is 6.92 Å². The first-order valence-electron chi connectivity index (χ1n) is 17.6. The number of pyridine rings is 1. The van der Waals surface area contributed by atoms with Gasteiger partial charge in [0.05, 0.1) is 28.8 Å². The number of nitrogens with zero attached hydrogens (tertiary/aromatic N) is 6. The van der Waals surface area contributed by atoms with E-state index in [-0.39, 0.29) is 55.7 Å². The minimum absolute atomic E-state index is 0.0237. The molecular weight excluding hydrogens is 683 g/mol. The van der Waals surface area contributed by atoms with Gasteiger partial charge in [-0.1, -0.05) is 20.8 Å². The number of halogens is 7. The van der Waals surface area contributed by atoms with Gasteiger partial charge in [-0.2, -0.15) is 23.1 Å². The molecule has 1 aliphatic carbocycles. The van der Waals surface area contributed by atoms with Gasteiger partial charge in [-0.3, -0.25) is 4.90 Å². The second kappa shape index (κ2) is 13.4. The molecule has 2 unspecified atom stereocenters. The molecule has 2 atom stereocenters. The molecule has 0 bridgehead atoms. The van der Waals surface area contributed by atoms with E-state index >= 15 is 4.39 Å². The van der Waals surface area contributed by atoms with Crippen LogP contribution in [0.4, 0.5) is 42.2 Å². The molecule has 7 rings (SSSR count). The van der Waals surface area contributed by atoms with Crippen LogP contribution in [0.25, 0.3) is 22.2 Å². The number of nitrogens with two attached hydrogens (primary N) is 1. The standard InChI is InChI=1S/C33H38F7N7O2.C2H6/c1-4-45-9-11-46(12-10-45)27-21-26(43-29(44-27)49-17-31-7-6-8-47(31)16-30(14-31)15-32(30,36)37)24(35)25(42-28(21)48-5-2)19-13-20(41)23(34)18(3)22(19)33(38,39)40;1-2/h13H,4-12,14-17,41H2,1-3H3;1-2H3. The van der Waals surface area contributed by atoms with E-state index in [1.165, 1.54) is 0 Å². The Kier molecular flexibility index (Phi) is 9.74. The van der Waals surface area contributed by atoms with Crippen molar-refractivity contribution in [1.82, 2.24) is 24.8 Å². The predicted molar refractivity (Wildman–Crippen MR) is 179 cm³/mol. The van der Waals surface area contributed by atoms with Gasteiger partial charge in [-0.15, -0.1) is 0 Å². The molecule has 3 aliphatic heterocycles. The molecule has 1 spiro atoms. The molecule has 16 heteroatoms. The number of benzene rings is 1. The average molecular weight is 728 g/mol. The van der Waals surface area contributed by atoms with Gasteiger partial charge in [0.1, 0.15) is 34.8 Å². The summed E-state index contributed by atoms with van der Waals surface area (Å²) in [6.07, 6.45) is -3.58. The van der Waals surface area contributed by atoms with E-state index in [2.05, 4.69) is 19.9 Å². The summed E-state index contributed by atoms with van der Waals surface area (Å²) in [5, 5.41) is 0.0406. The molecule has 1 saturated carbocycles. The monoisotopic (exact) mass is 727 g/mol. The Morgan fingerprint density at radius 2 is 1.63 bits per heavy atom. The van der Waals surface area contributed by atoms with E-state index in [0.29, 0.717) is 45.2 Å². The van der Waals surface area contributed by atoms with E-state index in [9.17, 15) is 26.3 Å². The molecule has 0 amide bonds. The number of fused-ring (bicyclic) bond motifs is 2. The number of aromatic nitrogens is 3. The lowest BCUT2D eigenvalue weighted by molar-refractivity contribution is -0.137. The highest BCUT2D eigenvalue weighted by Gasteiger charge is 2.77. The van der Waals surface area contributed by atoms with E-state index in [1.807, 2.05) is 30.6 Å². The number of likely N-dealkylation sites (N-methyl/N-ethyl adjacent to an activating group) is 1. The lowest BCUT2D eigenvalue weighted by Gasteiger charge is -2.35. The minimum atomic E-state index is -5.09. The van der Waals surface area contributed by atoms with Crippen LogP contribution in [0.5, 0.6) is 11.9 Å². The summed E-state index contributed by atoms with van der Waals surface area (Å²) < 4.78 is 116. The molecular formula is C35H44F7N7O2. The van der Waals surface area contributed by atoms with Gasteiger partial charge in [0.15, 0.2) is 5.82 Å². The van der Waals surface area contributed by atoms with Crippen LogP contribution < -0.4 is 20.1 Å². The average Bonchev–Trinajstić information content (AvgIpc) is 3.31. The summed E-state index contributed by atoms with van der Waals surface area (Å²) in [5.41, 5.74) is -0.817. The van der Waals surface area contributed by atoms with E-state index in [0.717, 1.165) is 19.9 Å². The summed E-state index contributed by atoms with van der Waals surface area (Å²) in [6, 6.07) is 0.452. The second-order valence-electron chi connectivity index (χ2n) is 13.7. The number of rotatable bonds is 8. The number of alkyl halides is 5. The first-order valence-corrected chi connectivity index (χ1v) is 17.6. The van der Waals surface area contributed by atoms with Crippen molar-refractivity contribution in [1.29, 1.82) is 0 Å². The fourth-order valence-corrected chi connectivity index (χ4v) is 8.11. The minimum Gasteiger partial charge on any atom is -0.477 e. The zero-order chi connectivity index (χ0) is 37.1. The van der Waals surface area contributed by atoms with Crippen LogP contribution in [-0.4, -0.2) is 95.2 Å². The van der Waals surface area contributed by atoms with Gasteiger partial charge in [0.25, 0.3) is 5.92 Å². The molecule has 4 fully saturated rings. The van der Waals surface area contributed by atoms with Crippen molar-refractivity contribution in [3.05, 3.63) is 28.8 Å². The van der Waals surface area contributed by atoms with E-state index in [4.69, 9.17) is 15.2 Å². The summed E-state index contributed by atoms with van der Waals surface area (Å²) in [6.45, 7) is 12.6. The largest absolute Gasteiger partial charge is 0.477 e. The van der Waals surface area contributed by atoms with Gasteiger partial charge in [0.2, 0.25) is 5.88 Å². The molecule has 51 heavy (non-hydrogen) atoms. The van der Waals surface area contributed by atoms with Crippen LogP contribution in [0.1, 0.15) is 64.5 Å². The van der Waals surface area contributed by atoms with Gasteiger partial charge in [-0.05, 0) is 57.8 Å². The van der Waals surface area contributed by atoms with Crippen molar-refractivity contribution in [2.24, 2.45) is 5.41 Å². The quantitative estimate of drug-likeness (QED) is 0.193. The highest BCUT2D eigenvalue weighted by Crippen LogP contribution is 2.69. The van der Waals surface area contributed by atoms with Crippen LogP contribution in [0.3, 0.4) is 0 Å². The maximum absolute atomic E-state index is 16.8. The Morgan fingerprint density at radius 3 is 2.24 bits per heavy atom. The van der Waals surface area contributed by atoms with Crippen LogP contribution in [-0.2, 0) is 6.18 Å². The van der Waals surface area contributed by atoms with Crippen molar-refractivity contribution in [3.63, 3.8) is 0 Å². The van der Waals surface area contributed by atoms with Crippen molar-refractivity contribution >= 4 is 22.4 Å². The van der Waals surface area contributed by atoms with Gasteiger partial charge >= 0.3 is 12.2 Å². The second-order valence-corrected chi connectivity index (χ2v) is 13.7. The lowest BCUT2D eigenvalue weighted by atomic mass is 9.89. The summed E-state index contributed by atoms with van der Waals surface area (Å²) >= 11 is 0. The number of hydrogen-bond acceptors (Lipinski definition) is 9. The van der Waals surface area contributed by atoms with Crippen LogP contribution in [0.2, 0.25) is 0 Å². The zero-order valence-corrected chi connectivity index (χ0v) is 29.5. The molecule has 1 aromatic carbocycles. The van der Waals surface area contributed by atoms with Gasteiger partial charge < -0.3 is 25.0 Å². The van der Waals surface area contributed by atoms with Crippen LogP contribution in [0, 0.1) is 24.0 Å². The molecule has 280 valence electrons. The molecule has 0 radical (unpaired) electrons. The molecule has 2 N–H and O–H groups in total. The number of ether oxygens (including phenoxy) is 2. The maximum atomic E-state index is 16.8. The van der Waals surface area contributed by atoms with Crippen molar-refractivity contribution in [2.45, 2.75) is 77.9 Å². The maximum Gasteiger partial charge on any atom is 0.417 e. The molecule has 3 saturated heterocycles. The number of anilines is 2. The van der Waals surface area contributed by atoms with E-state index < -0.39 is 68.3 Å². The molecule has 3 aromatic rings. The summed E-state index contributed by atoms with van der Waals surface area (Å²) in [5.74, 6) is -5.23. The fourth-order valence-electron chi connectivity index (χ4n) is 8.11.